The van der Waals surface area contributed by atoms with Gasteiger partial charge in [0.25, 0.3) is 5.56 Å². The third kappa shape index (κ3) is 2.84. The van der Waals surface area contributed by atoms with Gasteiger partial charge in [0.15, 0.2) is 0 Å². The van der Waals surface area contributed by atoms with Crippen LogP contribution in [0.2, 0.25) is 0 Å². The first-order valence-corrected chi connectivity index (χ1v) is 7.67. The zero-order valence-corrected chi connectivity index (χ0v) is 12.9. The van der Waals surface area contributed by atoms with Crippen LogP contribution in [0.25, 0.3) is 22.0 Å². The van der Waals surface area contributed by atoms with Crippen molar-refractivity contribution in [1.29, 1.82) is 0 Å². The number of aryl methyl sites for hydroxylation is 1. The van der Waals surface area contributed by atoms with Crippen LogP contribution in [0.4, 0.5) is 8.78 Å². The molecule has 0 saturated heterocycles. The molecule has 0 aliphatic carbocycles. The SMILES string of the molecule is O=c1c2ccccc2c(-c2c(F)cccc2F)nn1CCCCl. The van der Waals surface area contributed by atoms with E-state index in [2.05, 4.69) is 5.10 Å². The Kier molecular flexibility index (Phi) is 4.39. The first-order valence-electron chi connectivity index (χ1n) is 7.13. The largest absolute Gasteiger partial charge is 0.274 e. The van der Waals surface area contributed by atoms with Gasteiger partial charge >= 0.3 is 0 Å². The van der Waals surface area contributed by atoms with Crippen LogP contribution in [-0.2, 0) is 6.54 Å². The Labute approximate surface area is 136 Å². The van der Waals surface area contributed by atoms with Crippen LogP contribution in [0, 0.1) is 11.6 Å². The smallest absolute Gasteiger partial charge is 0.267 e. The van der Waals surface area contributed by atoms with Crippen molar-refractivity contribution in [2.24, 2.45) is 0 Å². The molecule has 0 amide bonds. The maximum Gasteiger partial charge on any atom is 0.274 e. The maximum atomic E-state index is 14.2. The van der Waals surface area contributed by atoms with Gasteiger partial charge in [0, 0.05) is 17.8 Å². The van der Waals surface area contributed by atoms with Gasteiger partial charge in [-0.1, -0.05) is 24.3 Å². The fourth-order valence-corrected chi connectivity index (χ4v) is 2.62. The number of benzene rings is 2. The van der Waals surface area contributed by atoms with Crippen LogP contribution in [0.15, 0.2) is 47.3 Å². The van der Waals surface area contributed by atoms with E-state index in [9.17, 15) is 13.6 Å². The molecule has 1 aromatic heterocycles. The van der Waals surface area contributed by atoms with Crippen LogP contribution in [0.3, 0.4) is 0 Å². The molecule has 3 rings (SSSR count). The lowest BCUT2D eigenvalue weighted by Crippen LogP contribution is -2.24. The van der Waals surface area contributed by atoms with E-state index < -0.39 is 11.6 Å². The molecule has 0 N–H and O–H groups in total. The number of aromatic nitrogens is 2. The van der Waals surface area contributed by atoms with Gasteiger partial charge in [0.2, 0.25) is 0 Å². The Morgan fingerprint density at radius 3 is 2.30 bits per heavy atom. The van der Waals surface area contributed by atoms with Crippen LogP contribution in [0.5, 0.6) is 0 Å². The normalized spacial score (nSPS) is 11.1. The number of hydrogen-bond donors (Lipinski definition) is 0. The van der Waals surface area contributed by atoms with Crippen LogP contribution >= 0.6 is 11.6 Å². The Morgan fingerprint density at radius 1 is 1.00 bits per heavy atom. The molecule has 0 bridgehead atoms. The predicted octanol–water partition coefficient (Wildman–Crippen LogP) is 3.97. The molecule has 1 heterocycles. The molecule has 0 saturated carbocycles. The minimum Gasteiger partial charge on any atom is -0.267 e. The highest BCUT2D eigenvalue weighted by molar-refractivity contribution is 6.17. The third-order valence-corrected chi connectivity index (χ3v) is 3.84. The molecular weight excluding hydrogens is 322 g/mol. The van der Waals surface area contributed by atoms with Crippen molar-refractivity contribution in [1.82, 2.24) is 9.78 Å². The molecule has 0 fully saturated rings. The van der Waals surface area contributed by atoms with Crippen molar-refractivity contribution >= 4 is 22.4 Å². The van der Waals surface area contributed by atoms with Gasteiger partial charge in [-0.25, -0.2) is 13.5 Å². The Morgan fingerprint density at radius 2 is 1.65 bits per heavy atom. The van der Waals surface area contributed by atoms with E-state index in [1.807, 2.05) is 0 Å². The summed E-state index contributed by atoms with van der Waals surface area (Å²) in [6.45, 7) is 0.288. The van der Waals surface area contributed by atoms with Crippen molar-refractivity contribution < 1.29 is 8.78 Å². The molecule has 3 nitrogen and oxygen atoms in total. The van der Waals surface area contributed by atoms with E-state index in [0.717, 1.165) is 0 Å². The number of alkyl halides is 1. The lowest BCUT2D eigenvalue weighted by molar-refractivity contribution is 0.567. The first kappa shape index (κ1) is 15.6. The van der Waals surface area contributed by atoms with Gasteiger partial charge in [-0.05, 0) is 24.6 Å². The van der Waals surface area contributed by atoms with Crippen LogP contribution in [0.1, 0.15) is 6.42 Å². The number of nitrogens with zero attached hydrogens (tertiary/aromatic N) is 2. The molecule has 23 heavy (non-hydrogen) atoms. The predicted molar refractivity (Wildman–Crippen MR) is 86.7 cm³/mol. The molecule has 6 heteroatoms. The average molecular weight is 335 g/mol. The fraction of sp³-hybridized carbons (Fsp3) is 0.176. The first-order chi connectivity index (χ1) is 11.1. The lowest BCUT2D eigenvalue weighted by atomic mass is 10.0. The van der Waals surface area contributed by atoms with E-state index in [0.29, 0.717) is 23.1 Å². The van der Waals surface area contributed by atoms with Gasteiger partial charge in [0.05, 0.1) is 10.9 Å². The zero-order chi connectivity index (χ0) is 16.4. The summed E-state index contributed by atoms with van der Waals surface area (Å²) in [7, 11) is 0. The molecule has 0 radical (unpaired) electrons. The number of fused-ring (bicyclic) bond motifs is 1. The highest BCUT2D eigenvalue weighted by Gasteiger charge is 2.18. The minimum atomic E-state index is -0.717. The fourth-order valence-electron chi connectivity index (χ4n) is 2.50. The summed E-state index contributed by atoms with van der Waals surface area (Å²) in [6.07, 6.45) is 0.534. The monoisotopic (exact) mass is 334 g/mol. The molecule has 0 spiro atoms. The van der Waals surface area contributed by atoms with Gasteiger partial charge in [-0.15, -0.1) is 11.6 Å². The van der Waals surface area contributed by atoms with Crippen molar-refractivity contribution in [3.63, 3.8) is 0 Å². The summed E-state index contributed by atoms with van der Waals surface area (Å²) in [5.41, 5.74) is -0.417. The Hall–Kier alpha value is -2.27. The number of halogens is 3. The van der Waals surface area contributed by atoms with E-state index in [1.165, 1.54) is 22.9 Å². The molecule has 118 valence electrons. The van der Waals surface area contributed by atoms with Gasteiger partial charge in [-0.2, -0.15) is 5.10 Å². The summed E-state index contributed by atoms with van der Waals surface area (Å²) in [4.78, 5) is 12.5. The second-order valence-corrected chi connectivity index (χ2v) is 5.44. The third-order valence-electron chi connectivity index (χ3n) is 3.57. The Balaban J connectivity index is 2.36. The van der Waals surface area contributed by atoms with Gasteiger partial charge in [0.1, 0.15) is 17.3 Å². The lowest BCUT2D eigenvalue weighted by Gasteiger charge is -2.12. The van der Waals surface area contributed by atoms with Crippen LogP contribution < -0.4 is 5.56 Å². The summed E-state index contributed by atoms with van der Waals surface area (Å²) in [6, 6.07) is 10.3. The quantitative estimate of drug-likeness (QED) is 0.677. The topological polar surface area (TPSA) is 34.9 Å². The van der Waals surface area contributed by atoms with E-state index in [1.54, 1.807) is 24.3 Å². The second kappa shape index (κ2) is 6.46. The van der Waals surface area contributed by atoms with Gasteiger partial charge in [-0.3, -0.25) is 4.79 Å². The minimum absolute atomic E-state index is 0.116. The molecule has 0 aliphatic heterocycles. The van der Waals surface area contributed by atoms with Crippen molar-refractivity contribution in [3.05, 3.63) is 64.5 Å². The number of rotatable bonds is 4. The molecule has 0 unspecified atom stereocenters. The van der Waals surface area contributed by atoms with Crippen molar-refractivity contribution in [2.45, 2.75) is 13.0 Å². The zero-order valence-electron chi connectivity index (χ0n) is 12.1. The molecule has 0 aliphatic rings. The average Bonchev–Trinajstić information content (AvgIpc) is 2.55. The van der Waals surface area contributed by atoms with Gasteiger partial charge < -0.3 is 0 Å². The standard InChI is InChI=1S/C17H13ClF2N2O/c18-9-4-10-22-17(23)12-6-2-1-5-11(12)16(21-22)15-13(19)7-3-8-14(15)20/h1-3,5-8H,4,9-10H2. The summed E-state index contributed by atoms with van der Waals surface area (Å²) in [5.74, 6) is -1.07. The molecular formula is C17H13ClF2N2O. The molecule has 2 aromatic carbocycles. The number of hydrogen-bond acceptors (Lipinski definition) is 2. The van der Waals surface area contributed by atoms with Crippen molar-refractivity contribution in [3.8, 4) is 11.3 Å². The highest BCUT2D eigenvalue weighted by Crippen LogP contribution is 2.29. The highest BCUT2D eigenvalue weighted by atomic mass is 35.5. The summed E-state index contributed by atoms with van der Waals surface area (Å²) >= 11 is 5.67. The van der Waals surface area contributed by atoms with Crippen LogP contribution in [-0.4, -0.2) is 15.7 Å². The molecule has 0 atom stereocenters. The maximum absolute atomic E-state index is 14.2. The summed E-state index contributed by atoms with van der Waals surface area (Å²) < 4.78 is 29.5. The molecule has 3 aromatic rings. The Bertz CT molecular complexity index is 904. The van der Waals surface area contributed by atoms with E-state index in [-0.39, 0.29) is 23.4 Å². The summed E-state index contributed by atoms with van der Waals surface area (Å²) in [5, 5.41) is 4.99. The van der Waals surface area contributed by atoms with Crippen molar-refractivity contribution in [2.75, 3.05) is 5.88 Å². The van der Waals surface area contributed by atoms with E-state index >= 15 is 0 Å². The second-order valence-electron chi connectivity index (χ2n) is 5.06. The van der Waals surface area contributed by atoms with E-state index in [4.69, 9.17) is 11.6 Å².